The lowest BCUT2D eigenvalue weighted by Crippen LogP contribution is -2.44. The molecule has 26 heavy (non-hydrogen) atoms. The minimum atomic E-state index is 0.317. The first-order valence-electron chi connectivity index (χ1n) is 10.2. The zero-order chi connectivity index (χ0) is 18.5. The van der Waals surface area contributed by atoms with Gasteiger partial charge in [0.05, 0.1) is 14.2 Å². The van der Waals surface area contributed by atoms with Gasteiger partial charge in [-0.3, -0.25) is 4.79 Å². The van der Waals surface area contributed by atoms with E-state index in [4.69, 9.17) is 9.47 Å². The van der Waals surface area contributed by atoms with Crippen LogP contribution in [0.1, 0.15) is 63.9 Å². The third-order valence-electron chi connectivity index (χ3n) is 6.11. The van der Waals surface area contributed by atoms with Gasteiger partial charge in [-0.15, -0.1) is 0 Å². The fraction of sp³-hybridized carbons (Fsp3) is 0.682. The highest BCUT2D eigenvalue weighted by molar-refractivity contribution is 5.77. The molecule has 0 atom stereocenters. The SMILES string of the molecule is CCC1CCC(N(C(=O)CCc2cccc(OC)c2OC)C2CC2)CC1. The summed E-state index contributed by atoms with van der Waals surface area (Å²) in [4.78, 5) is 15.3. The topological polar surface area (TPSA) is 38.8 Å². The Kier molecular flexibility index (Phi) is 6.44. The summed E-state index contributed by atoms with van der Waals surface area (Å²) in [6.45, 7) is 2.29. The first-order chi connectivity index (χ1) is 12.7. The van der Waals surface area contributed by atoms with Gasteiger partial charge in [-0.1, -0.05) is 25.5 Å². The van der Waals surface area contributed by atoms with E-state index < -0.39 is 0 Å². The summed E-state index contributed by atoms with van der Waals surface area (Å²) in [5.41, 5.74) is 1.05. The smallest absolute Gasteiger partial charge is 0.223 e. The lowest BCUT2D eigenvalue weighted by molar-refractivity contribution is -0.135. The Morgan fingerprint density at radius 2 is 1.69 bits per heavy atom. The van der Waals surface area contributed by atoms with Crippen LogP contribution >= 0.6 is 0 Å². The molecule has 0 aliphatic heterocycles. The normalized spacial score (nSPS) is 22.7. The molecule has 1 amide bonds. The van der Waals surface area contributed by atoms with E-state index in [1.54, 1.807) is 14.2 Å². The first kappa shape index (κ1) is 19.1. The molecule has 4 heteroatoms. The van der Waals surface area contributed by atoms with Crippen LogP contribution in [0.5, 0.6) is 11.5 Å². The molecule has 0 N–H and O–H groups in total. The van der Waals surface area contributed by atoms with Crippen LogP contribution in [0.2, 0.25) is 0 Å². The molecular formula is C22H33NO3. The molecule has 0 bridgehead atoms. The average Bonchev–Trinajstić information content (AvgIpc) is 3.51. The molecule has 0 saturated heterocycles. The van der Waals surface area contributed by atoms with Gasteiger partial charge in [0.2, 0.25) is 5.91 Å². The number of para-hydroxylation sites is 1. The minimum Gasteiger partial charge on any atom is -0.493 e. The number of hydrogen-bond acceptors (Lipinski definition) is 3. The molecule has 2 aliphatic carbocycles. The number of carbonyl (C=O) groups is 1. The third kappa shape index (κ3) is 4.33. The average molecular weight is 360 g/mol. The zero-order valence-electron chi connectivity index (χ0n) is 16.5. The van der Waals surface area contributed by atoms with Crippen molar-refractivity contribution in [3.8, 4) is 11.5 Å². The van der Waals surface area contributed by atoms with Crippen molar-refractivity contribution < 1.29 is 14.3 Å². The van der Waals surface area contributed by atoms with E-state index >= 15 is 0 Å². The summed E-state index contributed by atoms with van der Waals surface area (Å²) in [7, 11) is 3.31. The molecule has 2 fully saturated rings. The second kappa shape index (κ2) is 8.79. The molecule has 2 aliphatic rings. The molecule has 1 aromatic carbocycles. The van der Waals surface area contributed by atoms with Gasteiger partial charge in [0.25, 0.3) is 0 Å². The number of methoxy groups -OCH3 is 2. The van der Waals surface area contributed by atoms with Gasteiger partial charge in [-0.2, -0.15) is 0 Å². The van der Waals surface area contributed by atoms with Gasteiger partial charge >= 0.3 is 0 Å². The van der Waals surface area contributed by atoms with Crippen molar-refractivity contribution in [1.82, 2.24) is 4.90 Å². The van der Waals surface area contributed by atoms with Gasteiger partial charge in [-0.05, 0) is 62.5 Å². The van der Waals surface area contributed by atoms with Gasteiger partial charge < -0.3 is 14.4 Å². The zero-order valence-corrected chi connectivity index (χ0v) is 16.5. The number of carbonyl (C=O) groups excluding carboxylic acids is 1. The summed E-state index contributed by atoms with van der Waals surface area (Å²) >= 11 is 0. The predicted molar refractivity (Wildman–Crippen MR) is 104 cm³/mol. The second-order valence-corrected chi connectivity index (χ2v) is 7.77. The quantitative estimate of drug-likeness (QED) is 0.681. The molecule has 144 valence electrons. The van der Waals surface area contributed by atoms with Crippen molar-refractivity contribution in [2.24, 2.45) is 5.92 Å². The maximum atomic E-state index is 13.1. The number of aryl methyl sites for hydroxylation is 1. The van der Waals surface area contributed by atoms with E-state index in [0.717, 1.165) is 23.0 Å². The highest BCUT2D eigenvalue weighted by Crippen LogP contribution is 2.37. The number of benzene rings is 1. The molecule has 2 saturated carbocycles. The lowest BCUT2D eigenvalue weighted by atomic mass is 9.83. The summed E-state index contributed by atoms with van der Waals surface area (Å²) < 4.78 is 10.9. The first-order valence-corrected chi connectivity index (χ1v) is 10.2. The number of nitrogens with zero attached hydrogens (tertiary/aromatic N) is 1. The van der Waals surface area contributed by atoms with Gasteiger partial charge in [-0.25, -0.2) is 0 Å². The fourth-order valence-electron chi connectivity index (χ4n) is 4.41. The standard InChI is InChI=1S/C22H33NO3/c1-4-16-8-11-18(12-9-16)23(19-13-14-19)21(24)15-10-17-6-5-7-20(25-2)22(17)26-3/h5-7,16,18-19H,4,8-15H2,1-3H3. The number of amides is 1. The van der Waals surface area contributed by atoms with Crippen LogP contribution in [-0.2, 0) is 11.2 Å². The molecule has 3 rings (SSSR count). The predicted octanol–water partition coefficient (Wildman–Crippen LogP) is 4.60. The fourth-order valence-corrected chi connectivity index (χ4v) is 4.41. The minimum absolute atomic E-state index is 0.317. The van der Waals surface area contributed by atoms with Crippen LogP contribution in [0.25, 0.3) is 0 Å². The summed E-state index contributed by atoms with van der Waals surface area (Å²) in [6, 6.07) is 6.85. The number of hydrogen-bond donors (Lipinski definition) is 0. The maximum absolute atomic E-state index is 13.1. The van der Waals surface area contributed by atoms with E-state index in [9.17, 15) is 4.79 Å². The van der Waals surface area contributed by atoms with Crippen molar-refractivity contribution in [3.05, 3.63) is 23.8 Å². The van der Waals surface area contributed by atoms with Crippen LogP contribution < -0.4 is 9.47 Å². The molecule has 0 aromatic heterocycles. The second-order valence-electron chi connectivity index (χ2n) is 7.77. The molecule has 0 heterocycles. The van der Waals surface area contributed by atoms with Gasteiger partial charge in [0.1, 0.15) is 0 Å². The van der Waals surface area contributed by atoms with Crippen molar-refractivity contribution in [1.29, 1.82) is 0 Å². The monoisotopic (exact) mass is 359 g/mol. The Labute approximate surface area is 157 Å². The Morgan fingerprint density at radius 1 is 1.04 bits per heavy atom. The van der Waals surface area contributed by atoms with E-state index in [0.29, 0.717) is 30.8 Å². The van der Waals surface area contributed by atoms with Crippen LogP contribution in [0.15, 0.2) is 18.2 Å². The number of ether oxygens (including phenoxy) is 2. The van der Waals surface area contributed by atoms with E-state index in [2.05, 4.69) is 11.8 Å². The summed E-state index contributed by atoms with van der Waals surface area (Å²) in [5, 5.41) is 0. The van der Waals surface area contributed by atoms with Crippen LogP contribution in [-0.4, -0.2) is 37.1 Å². The van der Waals surface area contributed by atoms with Crippen molar-refractivity contribution in [3.63, 3.8) is 0 Å². The van der Waals surface area contributed by atoms with E-state index in [1.165, 1.54) is 44.9 Å². The maximum Gasteiger partial charge on any atom is 0.223 e. The van der Waals surface area contributed by atoms with E-state index in [-0.39, 0.29) is 0 Å². The van der Waals surface area contributed by atoms with Gasteiger partial charge in [0.15, 0.2) is 11.5 Å². The molecular weight excluding hydrogens is 326 g/mol. The Balaban J connectivity index is 1.63. The molecule has 4 nitrogen and oxygen atoms in total. The van der Waals surface area contributed by atoms with Crippen LogP contribution in [0.4, 0.5) is 0 Å². The number of rotatable bonds is 8. The Bertz CT molecular complexity index is 603. The summed E-state index contributed by atoms with van der Waals surface area (Å²) in [5.74, 6) is 2.67. The molecule has 0 radical (unpaired) electrons. The van der Waals surface area contributed by atoms with Crippen LogP contribution in [0.3, 0.4) is 0 Å². The largest absolute Gasteiger partial charge is 0.493 e. The Hall–Kier alpha value is -1.71. The molecule has 0 spiro atoms. The van der Waals surface area contributed by atoms with Crippen molar-refractivity contribution in [2.45, 2.75) is 76.8 Å². The van der Waals surface area contributed by atoms with Crippen molar-refractivity contribution in [2.75, 3.05) is 14.2 Å². The highest BCUT2D eigenvalue weighted by Gasteiger charge is 2.38. The Morgan fingerprint density at radius 3 is 2.23 bits per heavy atom. The highest BCUT2D eigenvalue weighted by atomic mass is 16.5. The van der Waals surface area contributed by atoms with Crippen molar-refractivity contribution >= 4 is 5.91 Å². The lowest BCUT2D eigenvalue weighted by Gasteiger charge is -2.37. The van der Waals surface area contributed by atoms with E-state index in [1.807, 2.05) is 18.2 Å². The van der Waals surface area contributed by atoms with Gasteiger partial charge in [0, 0.05) is 18.5 Å². The molecule has 1 aromatic rings. The third-order valence-corrected chi connectivity index (χ3v) is 6.11. The molecule has 0 unspecified atom stereocenters. The van der Waals surface area contributed by atoms with Crippen LogP contribution in [0, 0.1) is 5.92 Å². The summed E-state index contributed by atoms with van der Waals surface area (Å²) in [6.07, 6.45) is 9.82.